The molecular formula is C15H22N4O2. The molecule has 6 heteroatoms. The summed E-state index contributed by atoms with van der Waals surface area (Å²) in [5, 5.41) is 3.54. The summed E-state index contributed by atoms with van der Waals surface area (Å²) in [4.78, 5) is 22.2. The third-order valence-corrected chi connectivity index (χ3v) is 4.24. The third-order valence-electron chi connectivity index (χ3n) is 4.24. The van der Waals surface area contributed by atoms with Gasteiger partial charge in [0.05, 0.1) is 6.61 Å². The fourth-order valence-corrected chi connectivity index (χ4v) is 3.10. The van der Waals surface area contributed by atoms with Gasteiger partial charge in [0, 0.05) is 30.4 Å². The average Bonchev–Trinajstić information content (AvgIpc) is 2.98. The summed E-state index contributed by atoms with van der Waals surface area (Å²) in [6.07, 6.45) is 6.62. The Morgan fingerprint density at radius 3 is 2.95 bits per heavy atom. The minimum atomic E-state index is -0.195. The smallest absolute Gasteiger partial charge is 0.409 e. The molecule has 0 atom stereocenters. The van der Waals surface area contributed by atoms with Gasteiger partial charge in [0.1, 0.15) is 12.1 Å². The van der Waals surface area contributed by atoms with Crippen LogP contribution in [0.15, 0.2) is 6.33 Å². The Kier molecular flexibility index (Phi) is 4.22. The molecule has 0 bridgehead atoms. The van der Waals surface area contributed by atoms with Gasteiger partial charge in [-0.15, -0.1) is 0 Å². The number of anilines is 1. The summed E-state index contributed by atoms with van der Waals surface area (Å²) in [6, 6.07) is 0.371. The number of rotatable bonds is 3. The first-order chi connectivity index (χ1) is 10.3. The van der Waals surface area contributed by atoms with Crippen LogP contribution in [-0.4, -0.2) is 46.7 Å². The predicted molar refractivity (Wildman–Crippen MR) is 79.3 cm³/mol. The number of ether oxygens (including phenoxy) is 1. The van der Waals surface area contributed by atoms with Crippen LogP contribution in [-0.2, 0) is 17.6 Å². The molecule has 1 aliphatic heterocycles. The third kappa shape index (κ3) is 3.09. The standard InChI is InChI=1S/C15H22N4O2/c1-2-21-15(20)19-8-6-11(7-9-19)18-14-12-4-3-5-13(12)16-10-17-14/h10-11H,2-9H2,1H3,(H,16,17,18). The molecule has 0 spiro atoms. The second-order valence-corrected chi connectivity index (χ2v) is 5.61. The number of likely N-dealkylation sites (tertiary alicyclic amines) is 1. The van der Waals surface area contributed by atoms with Crippen LogP contribution in [0.5, 0.6) is 0 Å². The molecule has 1 aliphatic carbocycles. The molecule has 1 N–H and O–H groups in total. The fraction of sp³-hybridized carbons (Fsp3) is 0.667. The Bertz CT molecular complexity index is 512. The van der Waals surface area contributed by atoms with Crippen LogP contribution in [0.1, 0.15) is 37.4 Å². The summed E-state index contributed by atoms with van der Waals surface area (Å²) in [5.41, 5.74) is 2.47. The first kappa shape index (κ1) is 14.1. The Hall–Kier alpha value is -1.85. The highest BCUT2D eigenvalue weighted by molar-refractivity contribution is 5.67. The van der Waals surface area contributed by atoms with E-state index in [0.29, 0.717) is 12.6 Å². The van der Waals surface area contributed by atoms with Crippen LogP contribution in [0.3, 0.4) is 0 Å². The molecule has 1 saturated heterocycles. The highest BCUT2D eigenvalue weighted by atomic mass is 16.6. The van der Waals surface area contributed by atoms with Crippen molar-refractivity contribution in [1.29, 1.82) is 0 Å². The molecule has 1 aromatic rings. The number of hydrogen-bond donors (Lipinski definition) is 1. The van der Waals surface area contributed by atoms with E-state index in [9.17, 15) is 4.79 Å². The van der Waals surface area contributed by atoms with E-state index in [1.54, 1.807) is 11.2 Å². The summed E-state index contributed by atoms with van der Waals surface area (Å²) < 4.78 is 5.04. The van der Waals surface area contributed by atoms with Gasteiger partial charge in [-0.25, -0.2) is 14.8 Å². The van der Waals surface area contributed by atoms with Crippen molar-refractivity contribution in [3.63, 3.8) is 0 Å². The van der Waals surface area contributed by atoms with Crippen LogP contribution in [0.2, 0.25) is 0 Å². The van der Waals surface area contributed by atoms with Crippen molar-refractivity contribution in [3.8, 4) is 0 Å². The van der Waals surface area contributed by atoms with Crippen LogP contribution >= 0.6 is 0 Å². The van der Waals surface area contributed by atoms with Crippen molar-refractivity contribution in [2.45, 2.75) is 45.1 Å². The molecule has 0 radical (unpaired) electrons. The van der Waals surface area contributed by atoms with E-state index in [2.05, 4.69) is 15.3 Å². The Labute approximate surface area is 124 Å². The lowest BCUT2D eigenvalue weighted by Gasteiger charge is -2.32. The van der Waals surface area contributed by atoms with E-state index in [1.807, 2.05) is 6.92 Å². The zero-order chi connectivity index (χ0) is 14.7. The van der Waals surface area contributed by atoms with Gasteiger partial charge in [-0.2, -0.15) is 0 Å². The molecule has 114 valence electrons. The van der Waals surface area contributed by atoms with E-state index in [1.165, 1.54) is 17.7 Å². The summed E-state index contributed by atoms with van der Waals surface area (Å²) in [6.45, 7) is 3.75. The molecule has 0 unspecified atom stereocenters. The van der Waals surface area contributed by atoms with Crippen LogP contribution in [0, 0.1) is 0 Å². The maximum atomic E-state index is 11.7. The van der Waals surface area contributed by atoms with Crippen LogP contribution in [0.25, 0.3) is 0 Å². The van der Waals surface area contributed by atoms with Gasteiger partial charge >= 0.3 is 6.09 Å². The Morgan fingerprint density at radius 1 is 1.38 bits per heavy atom. The van der Waals surface area contributed by atoms with Crippen molar-refractivity contribution >= 4 is 11.9 Å². The number of carbonyl (C=O) groups is 1. The van der Waals surface area contributed by atoms with E-state index in [4.69, 9.17) is 4.74 Å². The minimum Gasteiger partial charge on any atom is -0.450 e. The van der Waals surface area contributed by atoms with Crippen molar-refractivity contribution in [1.82, 2.24) is 14.9 Å². The van der Waals surface area contributed by atoms with Gasteiger partial charge in [-0.1, -0.05) is 0 Å². The molecule has 3 rings (SSSR count). The summed E-state index contributed by atoms with van der Waals surface area (Å²) in [7, 11) is 0. The maximum absolute atomic E-state index is 11.7. The molecule has 2 heterocycles. The normalized spacial score (nSPS) is 18.4. The molecule has 0 saturated carbocycles. The number of hydrogen-bond acceptors (Lipinski definition) is 5. The lowest BCUT2D eigenvalue weighted by molar-refractivity contribution is 0.0983. The Balaban J connectivity index is 1.56. The fourth-order valence-electron chi connectivity index (χ4n) is 3.10. The lowest BCUT2D eigenvalue weighted by Crippen LogP contribution is -2.42. The molecule has 21 heavy (non-hydrogen) atoms. The van der Waals surface area contributed by atoms with Gasteiger partial charge in [0.15, 0.2) is 0 Å². The number of aromatic nitrogens is 2. The second kappa shape index (κ2) is 6.28. The van der Waals surface area contributed by atoms with Gasteiger partial charge < -0.3 is 15.0 Å². The average molecular weight is 290 g/mol. The number of amides is 1. The summed E-state index contributed by atoms with van der Waals surface area (Å²) >= 11 is 0. The van der Waals surface area contributed by atoms with E-state index in [0.717, 1.165) is 44.6 Å². The highest BCUT2D eigenvalue weighted by Gasteiger charge is 2.25. The highest BCUT2D eigenvalue weighted by Crippen LogP contribution is 2.26. The molecule has 6 nitrogen and oxygen atoms in total. The quantitative estimate of drug-likeness (QED) is 0.922. The molecule has 1 aromatic heterocycles. The van der Waals surface area contributed by atoms with E-state index < -0.39 is 0 Å². The van der Waals surface area contributed by atoms with Crippen molar-refractivity contribution in [2.75, 3.05) is 25.0 Å². The van der Waals surface area contributed by atoms with Gasteiger partial charge in [-0.3, -0.25) is 0 Å². The number of aryl methyl sites for hydroxylation is 1. The number of nitrogens with one attached hydrogen (secondary N) is 1. The number of nitrogens with zero attached hydrogens (tertiary/aromatic N) is 3. The molecule has 0 aromatic carbocycles. The van der Waals surface area contributed by atoms with Crippen molar-refractivity contribution in [3.05, 3.63) is 17.6 Å². The number of fused-ring (bicyclic) bond motifs is 1. The van der Waals surface area contributed by atoms with Gasteiger partial charge in [0.2, 0.25) is 0 Å². The first-order valence-corrected chi connectivity index (χ1v) is 7.79. The number of piperidine rings is 1. The van der Waals surface area contributed by atoms with Crippen molar-refractivity contribution < 1.29 is 9.53 Å². The lowest BCUT2D eigenvalue weighted by atomic mass is 10.0. The second-order valence-electron chi connectivity index (χ2n) is 5.61. The SMILES string of the molecule is CCOC(=O)N1CCC(Nc2ncnc3c2CCC3)CC1. The monoisotopic (exact) mass is 290 g/mol. The molecule has 1 amide bonds. The van der Waals surface area contributed by atoms with Crippen LogP contribution in [0.4, 0.5) is 10.6 Å². The van der Waals surface area contributed by atoms with E-state index >= 15 is 0 Å². The first-order valence-electron chi connectivity index (χ1n) is 7.79. The zero-order valence-corrected chi connectivity index (χ0v) is 12.5. The van der Waals surface area contributed by atoms with Gasteiger partial charge in [-0.05, 0) is 39.0 Å². The molecule has 2 aliphatic rings. The predicted octanol–water partition coefficient (Wildman–Crippen LogP) is 2.00. The van der Waals surface area contributed by atoms with E-state index in [-0.39, 0.29) is 6.09 Å². The van der Waals surface area contributed by atoms with Crippen LogP contribution < -0.4 is 5.32 Å². The van der Waals surface area contributed by atoms with Crippen molar-refractivity contribution in [2.24, 2.45) is 0 Å². The largest absolute Gasteiger partial charge is 0.450 e. The molecule has 1 fully saturated rings. The minimum absolute atomic E-state index is 0.195. The Morgan fingerprint density at radius 2 is 2.19 bits per heavy atom. The summed E-state index contributed by atoms with van der Waals surface area (Å²) in [5.74, 6) is 0.993. The zero-order valence-electron chi connectivity index (χ0n) is 12.5. The van der Waals surface area contributed by atoms with Gasteiger partial charge in [0.25, 0.3) is 0 Å². The number of carbonyl (C=O) groups excluding carboxylic acids is 1. The topological polar surface area (TPSA) is 67.3 Å². The maximum Gasteiger partial charge on any atom is 0.409 e. The molecular weight excluding hydrogens is 268 g/mol.